The highest BCUT2D eigenvalue weighted by molar-refractivity contribution is 9.10. The van der Waals surface area contributed by atoms with Gasteiger partial charge in [-0.15, -0.1) is 0 Å². The lowest BCUT2D eigenvalue weighted by atomic mass is 9.91. The topological polar surface area (TPSA) is 109 Å². The number of fused-ring (bicyclic) bond motifs is 1. The molecule has 5 rings (SSSR count). The van der Waals surface area contributed by atoms with Crippen molar-refractivity contribution < 1.29 is 14.7 Å². The molecule has 166 valence electrons. The minimum Gasteiger partial charge on any atom is -0.465 e. The second kappa shape index (κ2) is 8.54. The molecule has 9 heteroatoms. The molecule has 0 bridgehead atoms. The van der Waals surface area contributed by atoms with Crippen molar-refractivity contribution in [2.45, 2.75) is 50.6 Å². The van der Waals surface area contributed by atoms with E-state index in [2.05, 4.69) is 36.6 Å². The molecule has 3 N–H and O–H groups in total. The van der Waals surface area contributed by atoms with Gasteiger partial charge < -0.3 is 15.7 Å². The van der Waals surface area contributed by atoms with Gasteiger partial charge in [0, 0.05) is 34.2 Å². The van der Waals surface area contributed by atoms with Crippen molar-refractivity contribution in [1.82, 2.24) is 20.1 Å². The lowest BCUT2D eigenvalue weighted by Crippen LogP contribution is -2.37. The zero-order chi connectivity index (χ0) is 22.2. The van der Waals surface area contributed by atoms with Crippen LogP contribution in [0.3, 0.4) is 0 Å². The van der Waals surface area contributed by atoms with Crippen LogP contribution >= 0.6 is 15.9 Å². The Bertz CT molecular complexity index is 1180. The van der Waals surface area contributed by atoms with Crippen molar-refractivity contribution in [3.8, 4) is 0 Å². The third-order valence-electron chi connectivity index (χ3n) is 6.31. The molecular weight excluding hydrogens is 474 g/mol. The lowest BCUT2D eigenvalue weighted by Gasteiger charge is -2.28. The third kappa shape index (κ3) is 4.34. The number of nitrogens with one attached hydrogen (secondary N) is 2. The Hall–Kier alpha value is -2.94. The number of halogens is 1. The summed E-state index contributed by atoms with van der Waals surface area (Å²) in [5.74, 6) is 0.234. The molecule has 2 aliphatic rings. The number of carbonyl (C=O) groups excluding carboxylic acids is 1. The van der Waals surface area contributed by atoms with E-state index in [-0.39, 0.29) is 23.8 Å². The van der Waals surface area contributed by atoms with Crippen LogP contribution in [0.1, 0.15) is 54.9 Å². The second-order valence-electron chi connectivity index (χ2n) is 8.64. The van der Waals surface area contributed by atoms with Gasteiger partial charge in [-0.2, -0.15) is 5.10 Å². The molecule has 2 fully saturated rings. The van der Waals surface area contributed by atoms with E-state index in [1.807, 2.05) is 29.1 Å². The van der Waals surface area contributed by atoms with Crippen molar-refractivity contribution in [3.63, 3.8) is 0 Å². The average Bonchev–Trinajstić information content (AvgIpc) is 3.52. The van der Waals surface area contributed by atoms with Crippen molar-refractivity contribution in [2.75, 3.05) is 5.32 Å². The number of carboxylic acid groups (broad SMARTS) is 1. The second-order valence-corrected chi connectivity index (χ2v) is 9.55. The molecule has 32 heavy (non-hydrogen) atoms. The largest absolute Gasteiger partial charge is 0.465 e. The van der Waals surface area contributed by atoms with Crippen molar-refractivity contribution in [3.05, 3.63) is 46.8 Å². The van der Waals surface area contributed by atoms with Gasteiger partial charge >= 0.3 is 6.09 Å². The summed E-state index contributed by atoms with van der Waals surface area (Å²) in [6.07, 6.45) is 9.64. The zero-order valence-corrected chi connectivity index (χ0v) is 19.0. The van der Waals surface area contributed by atoms with Gasteiger partial charge in [0.15, 0.2) is 5.78 Å². The van der Waals surface area contributed by atoms with Crippen LogP contribution in [0.2, 0.25) is 0 Å². The predicted octanol–water partition coefficient (Wildman–Crippen LogP) is 5.28. The Kier molecular flexibility index (Phi) is 5.58. The number of hydrogen-bond acceptors (Lipinski definition) is 5. The number of Topliss-reactive ketones (excluding diaryl/α,β-unsaturated/α-hetero) is 1. The summed E-state index contributed by atoms with van der Waals surface area (Å²) in [6, 6.07) is 6.09. The zero-order valence-electron chi connectivity index (χ0n) is 17.4. The Balaban J connectivity index is 1.40. The summed E-state index contributed by atoms with van der Waals surface area (Å²) in [7, 11) is 0. The molecule has 0 spiro atoms. The number of aromatic nitrogens is 3. The van der Waals surface area contributed by atoms with Gasteiger partial charge in [0.2, 0.25) is 0 Å². The SMILES string of the molecule is O=C(O)N[C@H]1CC[C@H](n2cc(Nc3c(C(=O)C4CC4)cnc4ccc(Br)cc34)cn2)CC1. The number of nitrogens with zero attached hydrogens (tertiary/aromatic N) is 3. The molecule has 0 radical (unpaired) electrons. The number of rotatable bonds is 6. The summed E-state index contributed by atoms with van der Waals surface area (Å²) < 4.78 is 2.87. The van der Waals surface area contributed by atoms with Crippen molar-refractivity contribution in [2.24, 2.45) is 5.92 Å². The Morgan fingerprint density at radius 1 is 1.09 bits per heavy atom. The van der Waals surface area contributed by atoms with Gasteiger partial charge in [0.05, 0.1) is 34.7 Å². The van der Waals surface area contributed by atoms with E-state index in [0.29, 0.717) is 5.56 Å². The van der Waals surface area contributed by atoms with Crippen molar-refractivity contribution in [1.29, 1.82) is 0 Å². The first-order valence-corrected chi connectivity index (χ1v) is 11.7. The monoisotopic (exact) mass is 497 g/mol. The molecule has 2 aliphatic carbocycles. The van der Waals surface area contributed by atoms with Crippen LogP contribution < -0.4 is 10.6 Å². The molecule has 3 aromatic rings. The van der Waals surface area contributed by atoms with Gasteiger partial charge in [-0.3, -0.25) is 14.5 Å². The maximum absolute atomic E-state index is 12.9. The number of benzene rings is 1. The molecule has 1 amide bonds. The first-order chi connectivity index (χ1) is 15.5. The number of ketones is 1. The van der Waals surface area contributed by atoms with E-state index in [4.69, 9.17) is 5.11 Å². The van der Waals surface area contributed by atoms with Crippen LogP contribution in [0.25, 0.3) is 10.9 Å². The predicted molar refractivity (Wildman–Crippen MR) is 124 cm³/mol. The first-order valence-electron chi connectivity index (χ1n) is 10.9. The van der Waals surface area contributed by atoms with Gasteiger partial charge in [-0.25, -0.2) is 4.79 Å². The summed E-state index contributed by atoms with van der Waals surface area (Å²) in [4.78, 5) is 28.3. The molecule has 0 saturated heterocycles. The highest BCUT2D eigenvalue weighted by atomic mass is 79.9. The Morgan fingerprint density at radius 2 is 1.88 bits per heavy atom. The Labute approximate surface area is 193 Å². The molecule has 1 aromatic carbocycles. The number of carbonyl (C=O) groups is 2. The van der Waals surface area contributed by atoms with Gasteiger partial charge in [-0.05, 0) is 56.7 Å². The van der Waals surface area contributed by atoms with E-state index in [1.54, 1.807) is 12.4 Å². The fraction of sp³-hybridized carbons (Fsp3) is 0.391. The van der Waals surface area contributed by atoms with Gasteiger partial charge in [0.1, 0.15) is 0 Å². The summed E-state index contributed by atoms with van der Waals surface area (Å²) in [6.45, 7) is 0. The fourth-order valence-corrected chi connectivity index (χ4v) is 4.82. The van der Waals surface area contributed by atoms with E-state index in [0.717, 1.165) is 65.3 Å². The summed E-state index contributed by atoms with van der Waals surface area (Å²) in [5, 5.41) is 20.4. The summed E-state index contributed by atoms with van der Waals surface area (Å²) in [5.41, 5.74) is 3.01. The van der Waals surface area contributed by atoms with Gasteiger partial charge in [0.25, 0.3) is 0 Å². The highest BCUT2D eigenvalue weighted by Gasteiger charge is 2.32. The molecule has 0 aliphatic heterocycles. The van der Waals surface area contributed by atoms with Gasteiger partial charge in [-0.1, -0.05) is 15.9 Å². The van der Waals surface area contributed by atoms with Crippen LogP contribution in [0.4, 0.5) is 16.2 Å². The number of hydrogen-bond donors (Lipinski definition) is 3. The van der Waals surface area contributed by atoms with E-state index >= 15 is 0 Å². The minimum atomic E-state index is -0.966. The molecular formula is C23H24BrN5O3. The third-order valence-corrected chi connectivity index (χ3v) is 6.81. The molecule has 8 nitrogen and oxygen atoms in total. The fourth-order valence-electron chi connectivity index (χ4n) is 4.46. The molecule has 0 atom stereocenters. The van der Waals surface area contributed by atoms with E-state index < -0.39 is 6.09 Å². The molecule has 2 heterocycles. The average molecular weight is 498 g/mol. The number of amides is 1. The maximum Gasteiger partial charge on any atom is 0.404 e. The lowest BCUT2D eigenvalue weighted by molar-refractivity contribution is 0.0968. The van der Waals surface area contributed by atoms with Crippen LogP contribution in [-0.4, -0.2) is 37.8 Å². The van der Waals surface area contributed by atoms with Crippen LogP contribution in [0.15, 0.2) is 41.3 Å². The van der Waals surface area contributed by atoms with Crippen LogP contribution in [0, 0.1) is 5.92 Å². The number of anilines is 2. The van der Waals surface area contributed by atoms with E-state index in [9.17, 15) is 9.59 Å². The quantitative estimate of drug-likeness (QED) is 0.399. The minimum absolute atomic E-state index is 0.00883. The molecule has 2 aromatic heterocycles. The normalized spacial score (nSPS) is 20.8. The molecule has 2 saturated carbocycles. The van der Waals surface area contributed by atoms with E-state index in [1.165, 1.54) is 0 Å². The molecule has 0 unspecified atom stereocenters. The summed E-state index contributed by atoms with van der Waals surface area (Å²) >= 11 is 3.53. The number of pyridine rings is 1. The smallest absolute Gasteiger partial charge is 0.404 e. The standard InChI is InChI=1S/C23H24BrN5O3/c24-14-3-8-20-18(9-14)21(19(11-25-20)22(30)13-1-2-13)27-16-10-26-29(12-16)17-6-4-15(5-7-17)28-23(31)32/h3,8-13,15,17,28H,1-2,4-7H2,(H,25,27)(H,31,32)/t15-,17-. The highest BCUT2D eigenvalue weighted by Crippen LogP contribution is 2.38. The van der Waals surface area contributed by atoms with Crippen LogP contribution in [0.5, 0.6) is 0 Å². The first kappa shape index (κ1) is 20.9. The Morgan fingerprint density at radius 3 is 2.59 bits per heavy atom. The van der Waals surface area contributed by atoms with Crippen LogP contribution in [-0.2, 0) is 0 Å². The van der Waals surface area contributed by atoms with Crippen molar-refractivity contribution >= 4 is 50.1 Å². The maximum atomic E-state index is 12.9.